The van der Waals surface area contributed by atoms with Crippen LogP contribution in [0.25, 0.3) is 0 Å². The van der Waals surface area contributed by atoms with E-state index >= 15 is 0 Å². The molecule has 5 nitrogen and oxygen atoms in total. The van der Waals surface area contributed by atoms with Crippen molar-refractivity contribution in [2.45, 2.75) is 19.4 Å². The predicted molar refractivity (Wildman–Crippen MR) is 54.4 cm³/mol. The van der Waals surface area contributed by atoms with Crippen LogP contribution in [0.2, 0.25) is 0 Å². The van der Waals surface area contributed by atoms with Crippen LogP contribution in [0.4, 0.5) is 13.2 Å². The van der Waals surface area contributed by atoms with Crippen LogP contribution in [0.15, 0.2) is 18.2 Å². The Morgan fingerprint density at radius 1 is 1.22 bits per heavy atom. The molecule has 104 valence electrons. The Morgan fingerprint density at radius 2 is 1.56 bits per heavy atom. The third-order valence-electron chi connectivity index (χ3n) is 1.78. The molecular weight excluding hydrogens is 275 g/mol. The zero-order valence-electron chi connectivity index (χ0n) is 9.85. The molecule has 9 heteroatoms. The van der Waals surface area contributed by atoms with Gasteiger partial charge in [0.1, 0.15) is 7.11 Å². The Balaban J connectivity index is 0.000000331. The molecule has 1 rings (SSSR count). The van der Waals surface area contributed by atoms with Gasteiger partial charge in [0.05, 0.1) is 0 Å². The van der Waals surface area contributed by atoms with E-state index in [-0.39, 0.29) is 0 Å². The van der Waals surface area contributed by atoms with Crippen LogP contribution in [0.3, 0.4) is 0 Å². The van der Waals surface area contributed by atoms with E-state index in [0.717, 1.165) is 11.4 Å². The first-order valence-corrected chi connectivity index (χ1v) is 5.96. The van der Waals surface area contributed by atoms with Crippen LogP contribution < -0.4 is 9.57 Å². The maximum atomic E-state index is 10.7. The lowest BCUT2D eigenvalue weighted by atomic mass is 10.3. The standard InChI is InChI=1S/C8H12NO.CHF3O3S/c1-7-5-4-6-8(2)9(7)10-3;2-1(3,4)8(5,6)7/h4-6H,1-3H3;(H,5,6,7)/q+1;/p-1. The van der Waals surface area contributed by atoms with Gasteiger partial charge in [-0.15, -0.1) is 0 Å². The first kappa shape index (κ1) is 16.6. The quantitative estimate of drug-likeness (QED) is 0.433. The second-order valence-electron chi connectivity index (χ2n) is 3.19. The third-order valence-corrected chi connectivity index (χ3v) is 2.35. The lowest BCUT2D eigenvalue weighted by Gasteiger charge is -2.08. The van der Waals surface area contributed by atoms with Gasteiger partial charge in [-0.1, -0.05) is 0 Å². The highest BCUT2D eigenvalue weighted by Crippen LogP contribution is 2.20. The second-order valence-corrected chi connectivity index (χ2v) is 4.56. The fraction of sp³-hybridized carbons (Fsp3) is 0.444. The van der Waals surface area contributed by atoms with E-state index in [1.165, 1.54) is 0 Å². The molecule has 1 aromatic rings. The minimum Gasteiger partial charge on any atom is -0.741 e. The van der Waals surface area contributed by atoms with Crippen LogP contribution in [-0.2, 0) is 10.1 Å². The van der Waals surface area contributed by atoms with Gasteiger partial charge in [0.2, 0.25) is 11.4 Å². The number of nitrogens with zero attached hydrogens (tertiary/aromatic N) is 1. The Kier molecular flexibility index (Phi) is 5.55. The zero-order valence-corrected chi connectivity index (χ0v) is 10.7. The SMILES string of the molecule is CO[n+]1c(C)cccc1C.O=S(=O)([O-])C(F)(F)F. The van der Waals surface area contributed by atoms with Crippen molar-refractivity contribution in [2.24, 2.45) is 0 Å². The van der Waals surface area contributed by atoms with Crippen LogP contribution in [0.5, 0.6) is 0 Å². The average molecular weight is 287 g/mol. The summed E-state index contributed by atoms with van der Waals surface area (Å²) in [6, 6.07) is 6.03. The molecule has 0 bridgehead atoms. The summed E-state index contributed by atoms with van der Waals surface area (Å²) in [4.78, 5) is 5.09. The maximum Gasteiger partial charge on any atom is 0.485 e. The average Bonchev–Trinajstić information content (AvgIpc) is 2.15. The number of halogens is 3. The van der Waals surface area contributed by atoms with Crippen molar-refractivity contribution < 1.29 is 35.7 Å². The van der Waals surface area contributed by atoms with Crippen molar-refractivity contribution in [3.8, 4) is 0 Å². The van der Waals surface area contributed by atoms with Gasteiger partial charge in [-0.2, -0.15) is 13.2 Å². The van der Waals surface area contributed by atoms with E-state index in [0.29, 0.717) is 0 Å². The van der Waals surface area contributed by atoms with E-state index in [4.69, 9.17) is 17.8 Å². The molecule has 0 unspecified atom stereocenters. The molecule has 1 heterocycles. The number of alkyl halides is 3. The maximum absolute atomic E-state index is 10.7. The van der Waals surface area contributed by atoms with Gasteiger partial charge in [0.25, 0.3) is 0 Å². The number of aromatic nitrogens is 1. The third kappa shape index (κ3) is 4.88. The summed E-state index contributed by atoms with van der Waals surface area (Å²) in [6.45, 7) is 4.02. The fourth-order valence-electron chi connectivity index (χ4n) is 1.03. The molecule has 1 aromatic heterocycles. The van der Waals surface area contributed by atoms with Crippen LogP contribution >= 0.6 is 0 Å². The number of hydrogen-bond acceptors (Lipinski definition) is 4. The molecule has 0 aliphatic carbocycles. The number of hydrogen-bond donors (Lipinski definition) is 0. The lowest BCUT2D eigenvalue weighted by molar-refractivity contribution is -0.893. The van der Waals surface area contributed by atoms with Crippen molar-refractivity contribution >= 4 is 10.1 Å². The summed E-state index contributed by atoms with van der Waals surface area (Å²) in [6.07, 6.45) is 0. The summed E-state index contributed by atoms with van der Waals surface area (Å²) in [5.74, 6) is 0. The van der Waals surface area contributed by atoms with E-state index < -0.39 is 15.6 Å². The topological polar surface area (TPSA) is 70.3 Å². The molecule has 0 amide bonds. The van der Waals surface area contributed by atoms with Gasteiger partial charge in [-0.3, -0.25) is 4.84 Å². The summed E-state index contributed by atoms with van der Waals surface area (Å²) in [7, 11) is -4.42. The summed E-state index contributed by atoms with van der Waals surface area (Å²) >= 11 is 0. The predicted octanol–water partition coefficient (Wildman–Crippen LogP) is 0.701. The molecule has 0 saturated heterocycles. The van der Waals surface area contributed by atoms with Crippen molar-refractivity contribution in [1.82, 2.24) is 0 Å². The summed E-state index contributed by atoms with van der Waals surface area (Å²) in [5.41, 5.74) is -3.42. The zero-order chi connectivity index (χ0) is 14.6. The van der Waals surface area contributed by atoms with Crippen LogP contribution in [-0.4, -0.2) is 25.6 Å². The van der Waals surface area contributed by atoms with Gasteiger partial charge in [-0.05, 0) is 6.07 Å². The molecule has 0 saturated carbocycles. The molecule has 0 fully saturated rings. The molecule has 0 aliphatic rings. The van der Waals surface area contributed by atoms with Gasteiger partial charge in [-0.25, -0.2) is 8.42 Å². The highest BCUT2D eigenvalue weighted by molar-refractivity contribution is 7.86. The normalized spacial score (nSPS) is 11.5. The molecule has 0 aliphatic heterocycles. The number of rotatable bonds is 1. The van der Waals surface area contributed by atoms with Gasteiger partial charge in [0.15, 0.2) is 10.1 Å². The summed E-state index contributed by atoms with van der Waals surface area (Å²) in [5, 5.41) is 0. The summed E-state index contributed by atoms with van der Waals surface area (Å²) < 4.78 is 60.7. The number of pyridine rings is 1. The largest absolute Gasteiger partial charge is 0.741 e. The highest BCUT2D eigenvalue weighted by atomic mass is 32.2. The Morgan fingerprint density at radius 3 is 1.72 bits per heavy atom. The Labute approximate surface area is 103 Å². The van der Waals surface area contributed by atoms with Gasteiger partial charge in [0, 0.05) is 30.7 Å². The van der Waals surface area contributed by atoms with Crippen LogP contribution in [0, 0.1) is 13.8 Å². The molecule has 0 atom stereocenters. The fourth-order valence-corrected chi connectivity index (χ4v) is 1.03. The first-order valence-electron chi connectivity index (χ1n) is 4.55. The van der Waals surface area contributed by atoms with Crippen molar-refractivity contribution in [2.75, 3.05) is 7.11 Å². The molecular formula is C9H12F3NO4S. The van der Waals surface area contributed by atoms with Crippen molar-refractivity contribution in [1.29, 1.82) is 0 Å². The van der Waals surface area contributed by atoms with E-state index in [9.17, 15) is 13.2 Å². The van der Waals surface area contributed by atoms with E-state index in [2.05, 4.69) is 0 Å². The Hall–Kier alpha value is -1.35. The monoisotopic (exact) mass is 287 g/mol. The minimum atomic E-state index is -6.09. The first-order chi connectivity index (χ1) is 8.00. The van der Waals surface area contributed by atoms with Crippen molar-refractivity contribution in [3.63, 3.8) is 0 Å². The van der Waals surface area contributed by atoms with E-state index in [1.807, 2.05) is 32.0 Å². The minimum absolute atomic E-state index is 1.11. The second kappa shape index (κ2) is 6.01. The molecule has 0 radical (unpaired) electrons. The molecule has 0 spiro atoms. The van der Waals surface area contributed by atoms with Crippen LogP contribution in [0.1, 0.15) is 11.4 Å². The molecule has 0 N–H and O–H groups in total. The Bertz CT molecular complexity index is 479. The molecule has 0 aromatic carbocycles. The molecule has 18 heavy (non-hydrogen) atoms. The smallest absolute Gasteiger partial charge is 0.485 e. The highest BCUT2D eigenvalue weighted by Gasteiger charge is 2.36. The lowest BCUT2D eigenvalue weighted by Crippen LogP contribution is -2.45. The van der Waals surface area contributed by atoms with E-state index in [1.54, 1.807) is 11.8 Å². The van der Waals surface area contributed by atoms with Crippen molar-refractivity contribution in [3.05, 3.63) is 29.6 Å². The van der Waals surface area contributed by atoms with Gasteiger partial charge >= 0.3 is 5.51 Å². The number of aryl methyl sites for hydroxylation is 2. The van der Waals surface area contributed by atoms with Gasteiger partial charge < -0.3 is 4.55 Å².